The van der Waals surface area contributed by atoms with Crippen molar-refractivity contribution in [3.63, 3.8) is 0 Å². The topological polar surface area (TPSA) is 98.7 Å². The van der Waals surface area contributed by atoms with E-state index in [1.807, 2.05) is 30.5 Å². The van der Waals surface area contributed by atoms with E-state index in [0.29, 0.717) is 24.4 Å². The number of alkyl halides is 1. The Morgan fingerprint density at radius 2 is 2.16 bits per heavy atom. The van der Waals surface area contributed by atoms with E-state index in [0.717, 1.165) is 28.8 Å². The molecule has 0 spiro atoms. The number of halogens is 1. The van der Waals surface area contributed by atoms with Gasteiger partial charge in [-0.05, 0) is 18.6 Å². The van der Waals surface area contributed by atoms with Crippen LogP contribution in [-0.2, 0) is 17.2 Å². The van der Waals surface area contributed by atoms with E-state index in [2.05, 4.69) is 20.3 Å². The van der Waals surface area contributed by atoms with Crippen LogP contribution >= 0.6 is 11.6 Å². The Morgan fingerprint density at radius 1 is 1.36 bits per heavy atom. The third-order valence-corrected chi connectivity index (χ3v) is 4.28. The number of pyridine rings is 2. The van der Waals surface area contributed by atoms with E-state index in [1.54, 1.807) is 6.20 Å². The van der Waals surface area contributed by atoms with E-state index in [9.17, 15) is 4.79 Å². The Hall–Kier alpha value is -2.41. The molecule has 0 radical (unpaired) electrons. The number of aryl methyl sites for hydroxylation is 1. The van der Waals surface area contributed by atoms with Gasteiger partial charge >= 0.3 is 0 Å². The highest BCUT2D eigenvalue weighted by Gasteiger charge is 2.17. The largest absolute Gasteiger partial charge is 0.382 e. The van der Waals surface area contributed by atoms with Crippen molar-refractivity contribution in [2.24, 2.45) is 5.92 Å². The number of fused-ring (bicyclic) bond motifs is 3. The second-order valence-corrected chi connectivity index (χ2v) is 6.45. The molecule has 25 heavy (non-hydrogen) atoms. The molecule has 3 N–H and O–H groups in total. The van der Waals surface area contributed by atoms with Crippen LogP contribution in [0.5, 0.6) is 0 Å². The minimum atomic E-state index is -0.0218. The number of nitrogens with two attached hydrogens (primary N) is 1. The third-order valence-electron chi connectivity index (χ3n) is 4.04. The first-order valence-electron chi connectivity index (χ1n) is 8.26. The highest BCUT2D eigenvalue weighted by atomic mass is 35.5. The van der Waals surface area contributed by atoms with Gasteiger partial charge < -0.3 is 15.6 Å². The van der Waals surface area contributed by atoms with Gasteiger partial charge in [0.2, 0.25) is 5.91 Å². The number of aromatic nitrogens is 4. The first-order chi connectivity index (χ1) is 12.0. The molecular formula is C17H21ClN6O. The molecule has 0 bridgehead atoms. The maximum absolute atomic E-state index is 11.7. The first kappa shape index (κ1) is 17.4. The summed E-state index contributed by atoms with van der Waals surface area (Å²) in [6.07, 6.45) is 2.48. The zero-order valence-electron chi connectivity index (χ0n) is 14.3. The monoisotopic (exact) mass is 360 g/mol. The van der Waals surface area contributed by atoms with Gasteiger partial charge in [-0.1, -0.05) is 13.8 Å². The fourth-order valence-electron chi connectivity index (χ4n) is 2.77. The molecule has 0 unspecified atom stereocenters. The number of nitrogen functional groups attached to an aromatic ring is 1. The summed E-state index contributed by atoms with van der Waals surface area (Å²) in [5, 5.41) is 2.92. The summed E-state index contributed by atoms with van der Waals surface area (Å²) in [7, 11) is 0. The van der Waals surface area contributed by atoms with Crippen molar-refractivity contribution in [2.75, 3.05) is 12.3 Å². The van der Waals surface area contributed by atoms with Crippen LogP contribution in [0.3, 0.4) is 0 Å². The van der Waals surface area contributed by atoms with Crippen molar-refractivity contribution in [1.29, 1.82) is 0 Å². The summed E-state index contributed by atoms with van der Waals surface area (Å²) in [5.41, 5.74) is 9.01. The number of imidazole rings is 1. The Bertz CT molecular complexity index is 920. The van der Waals surface area contributed by atoms with Crippen LogP contribution in [0.25, 0.3) is 22.1 Å². The van der Waals surface area contributed by atoms with Gasteiger partial charge in [0.25, 0.3) is 0 Å². The van der Waals surface area contributed by atoms with E-state index < -0.39 is 0 Å². The normalized spacial score (nSPS) is 11.5. The van der Waals surface area contributed by atoms with E-state index >= 15 is 0 Å². The molecule has 1 amide bonds. The predicted octanol–water partition coefficient (Wildman–Crippen LogP) is 2.46. The third kappa shape index (κ3) is 3.37. The van der Waals surface area contributed by atoms with E-state index in [1.165, 1.54) is 0 Å². The second-order valence-electron chi connectivity index (χ2n) is 6.18. The molecule has 3 heterocycles. The molecule has 0 aromatic carbocycles. The average Bonchev–Trinajstić information content (AvgIpc) is 2.98. The van der Waals surface area contributed by atoms with Crippen molar-refractivity contribution in [3.05, 3.63) is 24.2 Å². The van der Waals surface area contributed by atoms with Crippen molar-refractivity contribution in [2.45, 2.75) is 32.7 Å². The first-order valence-corrected chi connectivity index (χ1v) is 8.79. The van der Waals surface area contributed by atoms with Crippen LogP contribution in [0.4, 0.5) is 5.82 Å². The summed E-state index contributed by atoms with van der Waals surface area (Å²) < 4.78 is 2.03. The molecule has 0 aliphatic rings. The maximum Gasteiger partial charge on any atom is 0.222 e. The number of hydrogen-bond acceptors (Lipinski definition) is 5. The van der Waals surface area contributed by atoms with Crippen LogP contribution in [0.2, 0.25) is 0 Å². The maximum atomic E-state index is 11.7. The van der Waals surface area contributed by atoms with Crippen LogP contribution < -0.4 is 11.1 Å². The predicted molar refractivity (Wildman–Crippen MR) is 99.3 cm³/mol. The number of nitrogens with one attached hydrogen (secondary N) is 1. The fourth-order valence-corrected chi connectivity index (χ4v) is 2.97. The lowest BCUT2D eigenvalue weighted by Crippen LogP contribution is -2.29. The molecule has 7 nitrogen and oxygen atoms in total. The highest BCUT2D eigenvalue weighted by Crippen LogP contribution is 2.28. The van der Waals surface area contributed by atoms with Crippen LogP contribution in [-0.4, -0.2) is 32.0 Å². The second kappa shape index (κ2) is 7.23. The molecule has 0 aliphatic carbocycles. The number of hydrogen-bond donors (Lipinski definition) is 2. The van der Waals surface area contributed by atoms with E-state index in [4.69, 9.17) is 17.3 Å². The van der Waals surface area contributed by atoms with Gasteiger partial charge in [-0.15, -0.1) is 11.6 Å². The number of carbonyl (C=O) groups excluding carboxylic acids is 1. The highest BCUT2D eigenvalue weighted by molar-refractivity contribution is 6.17. The van der Waals surface area contributed by atoms with Gasteiger partial charge in [0.15, 0.2) is 5.82 Å². The SMILES string of the molecule is CC(C)C(=O)NCCCn1c(CCl)nc2c(N)nc3cccnc3c21. The summed E-state index contributed by atoms with van der Waals surface area (Å²) in [4.78, 5) is 25.0. The minimum absolute atomic E-state index is 0.0218. The molecule has 132 valence electrons. The lowest BCUT2D eigenvalue weighted by Gasteiger charge is -2.11. The number of anilines is 1. The number of amides is 1. The van der Waals surface area contributed by atoms with Crippen LogP contribution in [0.1, 0.15) is 26.1 Å². The van der Waals surface area contributed by atoms with Crippen molar-refractivity contribution in [1.82, 2.24) is 24.8 Å². The van der Waals surface area contributed by atoms with Gasteiger partial charge in [-0.2, -0.15) is 0 Å². The quantitative estimate of drug-likeness (QED) is 0.519. The Morgan fingerprint density at radius 3 is 2.88 bits per heavy atom. The summed E-state index contributed by atoms with van der Waals surface area (Å²) in [5.74, 6) is 1.38. The summed E-state index contributed by atoms with van der Waals surface area (Å²) in [6, 6.07) is 3.70. The van der Waals surface area contributed by atoms with E-state index in [-0.39, 0.29) is 17.7 Å². The van der Waals surface area contributed by atoms with Gasteiger partial charge in [0, 0.05) is 25.2 Å². The summed E-state index contributed by atoms with van der Waals surface area (Å²) >= 11 is 6.08. The van der Waals surface area contributed by atoms with Crippen LogP contribution in [0, 0.1) is 5.92 Å². The molecule has 0 fully saturated rings. The zero-order chi connectivity index (χ0) is 18.0. The lowest BCUT2D eigenvalue weighted by atomic mass is 10.2. The summed E-state index contributed by atoms with van der Waals surface area (Å²) in [6.45, 7) is 4.99. The molecule has 3 aromatic heterocycles. The van der Waals surface area contributed by atoms with Crippen LogP contribution in [0.15, 0.2) is 18.3 Å². The fraction of sp³-hybridized carbons (Fsp3) is 0.412. The van der Waals surface area contributed by atoms with Gasteiger partial charge in [-0.25, -0.2) is 9.97 Å². The minimum Gasteiger partial charge on any atom is -0.382 e. The molecule has 8 heteroatoms. The van der Waals surface area contributed by atoms with Gasteiger partial charge in [0.1, 0.15) is 22.4 Å². The number of nitrogens with zero attached hydrogens (tertiary/aromatic N) is 4. The molecule has 0 saturated heterocycles. The standard InChI is InChI=1S/C17H21ClN6O/c1-10(2)17(25)21-7-4-8-24-12(9-18)23-14-15(24)13-11(22-16(14)19)5-3-6-20-13/h3,5-6,10H,4,7-9H2,1-2H3,(H2,19,22)(H,21,25). The molecule has 0 atom stereocenters. The zero-order valence-corrected chi connectivity index (χ0v) is 15.0. The van der Waals surface area contributed by atoms with Gasteiger partial charge in [0.05, 0.1) is 11.4 Å². The molecule has 3 rings (SSSR count). The Balaban J connectivity index is 1.94. The average molecular weight is 361 g/mol. The Kier molecular flexibility index (Phi) is 5.03. The Labute approximate surface area is 150 Å². The van der Waals surface area contributed by atoms with Crippen molar-refractivity contribution in [3.8, 4) is 0 Å². The molecule has 0 aliphatic heterocycles. The molecular weight excluding hydrogens is 340 g/mol. The van der Waals surface area contributed by atoms with Crippen molar-refractivity contribution < 1.29 is 4.79 Å². The number of carbonyl (C=O) groups is 1. The lowest BCUT2D eigenvalue weighted by molar-refractivity contribution is -0.123. The number of rotatable bonds is 6. The smallest absolute Gasteiger partial charge is 0.222 e. The van der Waals surface area contributed by atoms with Crippen molar-refractivity contribution >= 4 is 45.4 Å². The molecule has 3 aromatic rings. The molecule has 0 saturated carbocycles. The van der Waals surface area contributed by atoms with Gasteiger partial charge in [-0.3, -0.25) is 9.78 Å².